The zero-order valence-corrected chi connectivity index (χ0v) is 13.2. The molecule has 2 heterocycles. The third-order valence-electron chi connectivity index (χ3n) is 4.22. The van der Waals surface area contributed by atoms with Gasteiger partial charge in [0.15, 0.2) is 0 Å². The SMILES string of the molecule is CC(C)O[C@@H](C)[C@@H]1C[C@H](OC(=O)N2CCCC2)CN1C. The van der Waals surface area contributed by atoms with Crippen molar-refractivity contribution in [3.8, 4) is 0 Å². The van der Waals surface area contributed by atoms with E-state index in [1.54, 1.807) is 0 Å². The van der Waals surface area contributed by atoms with E-state index in [0.29, 0.717) is 6.04 Å². The third kappa shape index (κ3) is 3.85. The summed E-state index contributed by atoms with van der Waals surface area (Å²) in [4.78, 5) is 16.1. The second-order valence-corrected chi connectivity index (χ2v) is 6.33. The lowest BCUT2D eigenvalue weighted by atomic mass is 10.1. The molecule has 2 aliphatic rings. The maximum atomic E-state index is 12.0. The number of carbonyl (C=O) groups is 1. The van der Waals surface area contributed by atoms with Crippen molar-refractivity contribution in [3.63, 3.8) is 0 Å². The van der Waals surface area contributed by atoms with Crippen molar-refractivity contribution in [2.75, 3.05) is 26.7 Å². The molecule has 0 spiro atoms. The van der Waals surface area contributed by atoms with Crippen molar-refractivity contribution < 1.29 is 14.3 Å². The molecule has 3 atom stereocenters. The van der Waals surface area contributed by atoms with E-state index in [-0.39, 0.29) is 24.4 Å². The molecule has 0 bridgehead atoms. The number of likely N-dealkylation sites (tertiary alicyclic amines) is 2. The second-order valence-electron chi connectivity index (χ2n) is 6.33. The topological polar surface area (TPSA) is 42.0 Å². The number of carbonyl (C=O) groups excluding carboxylic acids is 1. The van der Waals surface area contributed by atoms with Gasteiger partial charge in [0.2, 0.25) is 0 Å². The molecular formula is C15H28N2O3. The zero-order valence-electron chi connectivity index (χ0n) is 13.2. The van der Waals surface area contributed by atoms with Gasteiger partial charge in [-0.15, -0.1) is 0 Å². The van der Waals surface area contributed by atoms with Crippen LogP contribution in [0.1, 0.15) is 40.0 Å². The number of rotatable bonds is 4. The van der Waals surface area contributed by atoms with Gasteiger partial charge in [-0.1, -0.05) is 0 Å². The van der Waals surface area contributed by atoms with Crippen LogP contribution in [0.5, 0.6) is 0 Å². The van der Waals surface area contributed by atoms with E-state index in [2.05, 4.69) is 32.7 Å². The molecule has 2 rings (SSSR count). The molecular weight excluding hydrogens is 256 g/mol. The molecule has 0 saturated carbocycles. The van der Waals surface area contributed by atoms with Gasteiger partial charge in [0.05, 0.1) is 12.2 Å². The fourth-order valence-corrected chi connectivity index (χ4v) is 3.25. The van der Waals surface area contributed by atoms with Gasteiger partial charge in [0.25, 0.3) is 0 Å². The van der Waals surface area contributed by atoms with Crippen LogP contribution in [0.2, 0.25) is 0 Å². The first-order valence-electron chi connectivity index (χ1n) is 7.78. The van der Waals surface area contributed by atoms with Gasteiger partial charge in [-0.05, 0) is 40.7 Å². The summed E-state index contributed by atoms with van der Waals surface area (Å²) >= 11 is 0. The molecule has 0 aliphatic carbocycles. The minimum absolute atomic E-state index is 0.00341. The molecule has 2 fully saturated rings. The summed E-state index contributed by atoms with van der Waals surface area (Å²) in [6.07, 6.45) is 3.31. The zero-order chi connectivity index (χ0) is 14.7. The predicted octanol–water partition coefficient (Wildman–Crippen LogP) is 2.10. The molecule has 0 unspecified atom stereocenters. The van der Waals surface area contributed by atoms with E-state index < -0.39 is 0 Å². The minimum Gasteiger partial charge on any atom is -0.445 e. The normalized spacial score (nSPS) is 29.1. The lowest BCUT2D eigenvalue weighted by Crippen LogP contribution is -2.37. The van der Waals surface area contributed by atoms with Crippen LogP contribution in [0.3, 0.4) is 0 Å². The second kappa shape index (κ2) is 6.76. The van der Waals surface area contributed by atoms with Crippen molar-refractivity contribution in [1.29, 1.82) is 0 Å². The molecule has 5 nitrogen and oxygen atoms in total. The lowest BCUT2D eigenvalue weighted by Gasteiger charge is -2.27. The first-order valence-corrected chi connectivity index (χ1v) is 7.78. The van der Waals surface area contributed by atoms with Crippen LogP contribution >= 0.6 is 0 Å². The predicted molar refractivity (Wildman–Crippen MR) is 77.8 cm³/mol. The summed E-state index contributed by atoms with van der Waals surface area (Å²) in [5.74, 6) is 0. The Labute approximate surface area is 122 Å². The van der Waals surface area contributed by atoms with Crippen LogP contribution in [0.25, 0.3) is 0 Å². The highest BCUT2D eigenvalue weighted by Crippen LogP contribution is 2.24. The summed E-state index contributed by atoms with van der Waals surface area (Å²) in [5.41, 5.74) is 0. The number of nitrogens with zero attached hydrogens (tertiary/aromatic N) is 2. The first-order chi connectivity index (χ1) is 9.47. The summed E-state index contributed by atoms with van der Waals surface area (Å²) < 4.78 is 11.5. The third-order valence-corrected chi connectivity index (χ3v) is 4.22. The molecule has 0 aromatic carbocycles. The van der Waals surface area contributed by atoms with Gasteiger partial charge in [-0.25, -0.2) is 4.79 Å². The van der Waals surface area contributed by atoms with E-state index in [1.807, 2.05) is 4.90 Å². The quantitative estimate of drug-likeness (QED) is 0.793. The average Bonchev–Trinajstić information content (AvgIpc) is 2.97. The van der Waals surface area contributed by atoms with Crippen molar-refractivity contribution in [2.24, 2.45) is 0 Å². The molecule has 0 aromatic heterocycles. The monoisotopic (exact) mass is 284 g/mol. The van der Waals surface area contributed by atoms with Crippen LogP contribution < -0.4 is 0 Å². The standard InChI is InChI=1S/C15H28N2O3/c1-11(2)19-12(3)14-9-13(10-16(14)4)20-15(18)17-7-5-6-8-17/h11-14H,5-10H2,1-4H3/t12-,13-,14-/m0/s1. The average molecular weight is 284 g/mol. The van der Waals surface area contributed by atoms with Gasteiger partial charge in [-0.2, -0.15) is 0 Å². The Morgan fingerprint density at radius 1 is 1.20 bits per heavy atom. The highest BCUT2D eigenvalue weighted by atomic mass is 16.6. The maximum Gasteiger partial charge on any atom is 0.410 e. The van der Waals surface area contributed by atoms with Crippen LogP contribution in [-0.2, 0) is 9.47 Å². The van der Waals surface area contributed by atoms with Gasteiger partial charge in [0, 0.05) is 32.1 Å². The largest absolute Gasteiger partial charge is 0.445 e. The molecule has 0 aromatic rings. The summed E-state index contributed by atoms with van der Waals surface area (Å²) in [7, 11) is 2.08. The van der Waals surface area contributed by atoms with Crippen LogP contribution in [-0.4, -0.2) is 66.9 Å². The smallest absolute Gasteiger partial charge is 0.410 e. The number of hydrogen-bond donors (Lipinski definition) is 0. The molecule has 0 N–H and O–H groups in total. The molecule has 2 aliphatic heterocycles. The van der Waals surface area contributed by atoms with Gasteiger partial charge < -0.3 is 14.4 Å². The Morgan fingerprint density at radius 2 is 1.85 bits per heavy atom. The van der Waals surface area contributed by atoms with Crippen LogP contribution in [0.15, 0.2) is 0 Å². The molecule has 1 amide bonds. The van der Waals surface area contributed by atoms with Crippen molar-refractivity contribution in [2.45, 2.75) is 64.4 Å². The van der Waals surface area contributed by atoms with Crippen molar-refractivity contribution in [1.82, 2.24) is 9.80 Å². The lowest BCUT2D eigenvalue weighted by molar-refractivity contribution is -0.0207. The summed E-state index contributed by atoms with van der Waals surface area (Å²) in [6.45, 7) is 8.70. The Morgan fingerprint density at radius 3 is 2.45 bits per heavy atom. The Hall–Kier alpha value is -0.810. The Balaban J connectivity index is 1.82. The van der Waals surface area contributed by atoms with Crippen molar-refractivity contribution in [3.05, 3.63) is 0 Å². The van der Waals surface area contributed by atoms with E-state index in [0.717, 1.165) is 38.9 Å². The fourth-order valence-electron chi connectivity index (χ4n) is 3.25. The van der Waals surface area contributed by atoms with Crippen molar-refractivity contribution >= 4 is 6.09 Å². The Bertz CT molecular complexity index is 329. The van der Waals surface area contributed by atoms with E-state index in [1.165, 1.54) is 0 Å². The van der Waals surface area contributed by atoms with Crippen LogP contribution in [0.4, 0.5) is 4.79 Å². The number of hydrogen-bond acceptors (Lipinski definition) is 4. The first kappa shape index (κ1) is 15.6. The fraction of sp³-hybridized carbons (Fsp3) is 0.933. The Kier molecular flexibility index (Phi) is 5.27. The minimum atomic E-state index is -0.140. The van der Waals surface area contributed by atoms with E-state index in [4.69, 9.17) is 9.47 Å². The molecule has 2 saturated heterocycles. The molecule has 0 radical (unpaired) electrons. The number of ether oxygens (including phenoxy) is 2. The maximum absolute atomic E-state index is 12.0. The van der Waals surface area contributed by atoms with Gasteiger partial charge >= 0.3 is 6.09 Å². The summed E-state index contributed by atoms with van der Waals surface area (Å²) in [6, 6.07) is 0.328. The van der Waals surface area contributed by atoms with E-state index >= 15 is 0 Å². The molecule has 20 heavy (non-hydrogen) atoms. The highest BCUT2D eigenvalue weighted by molar-refractivity contribution is 5.68. The highest BCUT2D eigenvalue weighted by Gasteiger charge is 2.36. The molecule has 5 heteroatoms. The van der Waals surface area contributed by atoms with Crippen LogP contribution in [0, 0.1) is 0 Å². The number of likely N-dealkylation sites (N-methyl/N-ethyl adjacent to an activating group) is 1. The summed E-state index contributed by atoms with van der Waals surface area (Å²) in [5, 5.41) is 0. The number of amides is 1. The van der Waals surface area contributed by atoms with E-state index in [9.17, 15) is 4.79 Å². The molecule has 116 valence electrons. The van der Waals surface area contributed by atoms with Gasteiger partial charge in [0.1, 0.15) is 6.10 Å². The van der Waals surface area contributed by atoms with Gasteiger partial charge in [-0.3, -0.25) is 4.90 Å².